The van der Waals surface area contributed by atoms with Gasteiger partial charge >= 0.3 is 11.7 Å². The molecule has 0 atom stereocenters. The maximum Gasteiger partial charge on any atom is 0.337 e. The van der Waals surface area contributed by atoms with E-state index in [0.717, 1.165) is 15.7 Å². The smallest absolute Gasteiger partial charge is 0.337 e. The molecule has 0 saturated carbocycles. The summed E-state index contributed by atoms with van der Waals surface area (Å²) in [5, 5.41) is 0.338. The Morgan fingerprint density at radius 2 is 1.57 bits per heavy atom. The Hall–Kier alpha value is -4.00. The van der Waals surface area contributed by atoms with E-state index >= 15 is 0 Å². The third-order valence-electron chi connectivity index (χ3n) is 5.10. The van der Waals surface area contributed by atoms with Crippen molar-refractivity contribution in [3.8, 4) is 22.4 Å². The van der Waals surface area contributed by atoms with Crippen LogP contribution in [-0.4, -0.2) is 27.2 Å². The van der Waals surface area contributed by atoms with Crippen LogP contribution in [0.1, 0.15) is 10.4 Å². The van der Waals surface area contributed by atoms with Crippen LogP contribution in [0, 0.1) is 0 Å². The van der Waals surface area contributed by atoms with Crippen LogP contribution in [-0.2, 0) is 18.8 Å². The molecule has 4 aromatic rings. The van der Waals surface area contributed by atoms with Crippen LogP contribution < -0.4 is 11.2 Å². The molecule has 7 heteroatoms. The van der Waals surface area contributed by atoms with Gasteiger partial charge in [0.15, 0.2) is 5.65 Å². The minimum absolute atomic E-state index is 0.302. The van der Waals surface area contributed by atoms with Gasteiger partial charge in [0, 0.05) is 25.2 Å². The molecule has 2 aromatic carbocycles. The maximum atomic E-state index is 13.0. The normalized spacial score (nSPS) is 10.9. The SMILES string of the molecule is COC(=O)c1ccc(-c2cc(-c3ccccc3)nc3c2c(=O)n(C)c(=O)n3C)cc1. The van der Waals surface area contributed by atoms with Crippen molar-refractivity contribution in [3.05, 3.63) is 87.1 Å². The number of carbonyl (C=O) groups is 1. The van der Waals surface area contributed by atoms with Gasteiger partial charge in [0.1, 0.15) is 0 Å². The molecule has 2 aromatic heterocycles. The zero-order chi connectivity index (χ0) is 21.4. The molecule has 0 amide bonds. The van der Waals surface area contributed by atoms with Crippen LogP contribution in [0.25, 0.3) is 33.4 Å². The highest BCUT2D eigenvalue weighted by atomic mass is 16.5. The minimum atomic E-state index is -0.447. The van der Waals surface area contributed by atoms with Crippen LogP contribution in [0.15, 0.2) is 70.3 Å². The Kier molecular flexibility index (Phi) is 4.79. The first-order valence-electron chi connectivity index (χ1n) is 9.27. The Morgan fingerprint density at radius 3 is 2.20 bits per heavy atom. The fourth-order valence-corrected chi connectivity index (χ4v) is 3.44. The Morgan fingerprint density at radius 1 is 0.900 bits per heavy atom. The van der Waals surface area contributed by atoms with E-state index < -0.39 is 17.2 Å². The van der Waals surface area contributed by atoms with Crippen molar-refractivity contribution in [2.75, 3.05) is 7.11 Å². The van der Waals surface area contributed by atoms with Crippen LogP contribution in [0.3, 0.4) is 0 Å². The number of benzene rings is 2. The van der Waals surface area contributed by atoms with E-state index in [1.807, 2.05) is 36.4 Å². The summed E-state index contributed by atoms with van der Waals surface area (Å²) in [6, 6.07) is 18.1. The highest BCUT2D eigenvalue weighted by Gasteiger charge is 2.18. The fraction of sp³-hybridized carbons (Fsp3) is 0.130. The van der Waals surface area contributed by atoms with Gasteiger partial charge in [-0.3, -0.25) is 13.9 Å². The van der Waals surface area contributed by atoms with E-state index in [1.54, 1.807) is 31.3 Å². The van der Waals surface area contributed by atoms with E-state index in [9.17, 15) is 14.4 Å². The number of hydrogen-bond acceptors (Lipinski definition) is 5. The number of nitrogens with zero attached hydrogens (tertiary/aromatic N) is 3. The molecular weight excluding hydrogens is 382 g/mol. The molecule has 0 spiro atoms. The summed E-state index contributed by atoms with van der Waals surface area (Å²) in [5.74, 6) is -0.440. The van der Waals surface area contributed by atoms with E-state index in [1.165, 1.54) is 18.7 Å². The lowest BCUT2D eigenvalue weighted by Crippen LogP contribution is -2.37. The molecule has 7 nitrogen and oxygen atoms in total. The summed E-state index contributed by atoms with van der Waals surface area (Å²) >= 11 is 0. The molecule has 0 radical (unpaired) electrons. The molecule has 0 aliphatic rings. The largest absolute Gasteiger partial charge is 0.465 e. The summed E-state index contributed by atoms with van der Waals surface area (Å²) in [4.78, 5) is 41.9. The van der Waals surface area contributed by atoms with Gasteiger partial charge in [-0.2, -0.15) is 0 Å². The average molecular weight is 401 g/mol. The van der Waals surface area contributed by atoms with Gasteiger partial charge in [-0.25, -0.2) is 14.6 Å². The number of hydrogen-bond donors (Lipinski definition) is 0. The number of esters is 1. The number of carbonyl (C=O) groups excluding carboxylic acids is 1. The van der Waals surface area contributed by atoms with Crippen molar-refractivity contribution >= 4 is 17.0 Å². The highest BCUT2D eigenvalue weighted by molar-refractivity contribution is 5.96. The van der Waals surface area contributed by atoms with Crippen LogP contribution >= 0.6 is 0 Å². The lowest BCUT2D eigenvalue weighted by atomic mass is 9.99. The van der Waals surface area contributed by atoms with Crippen molar-refractivity contribution in [2.24, 2.45) is 14.1 Å². The van der Waals surface area contributed by atoms with Crippen molar-refractivity contribution in [2.45, 2.75) is 0 Å². The minimum Gasteiger partial charge on any atom is -0.465 e. The van der Waals surface area contributed by atoms with Crippen molar-refractivity contribution < 1.29 is 9.53 Å². The average Bonchev–Trinajstić information content (AvgIpc) is 2.80. The first-order chi connectivity index (χ1) is 14.4. The number of fused-ring (bicyclic) bond motifs is 1. The molecular formula is C23H19N3O4. The predicted molar refractivity (Wildman–Crippen MR) is 114 cm³/mol. The first kappa shape index (κ1) is 19.3. The summed E-state index contributed by atoms with van der Waals surface area (Å²) in [7, 11) is 4.36. The molecule has 2 heterocycles. The molecule has 4 rings (SSSR count). The Bertz CT molecular complexity index is 1380. The predicted octanol–water partition coefficient (Wildman–Crippen LogP) is 2.75. The molecule has 0 aliphatic heterocycles. The lowest BCUT2D eigenvalue weighted by Gasteiger charge is -2.13. The molecule has 0 unspecified atom stereocenters. The number of pyridine rings is 1. The van der Waals surface area contributed by atoms with Gasteiger partial charge in [0.2, 0.25) is 0 Å². The molecule has 0 bridgehead atoms. The van der Waals surface area contributed by atoms with Gasteiger partial charge in [-0.05, 0) is 23.8 Å². The summed E-state index contributed by atoms with van der Waals surface area (Å²) in [5.41, 5.74) is 2.69. The molecule has 0 saturated heterocycles. The number of rotatable bonds is 3. The van der Waals surface area contributed by atoms with E-state index in [0.29, 0.717) is 27.9 Å². The Balaban J connectivity index is 2.08. The van der Waals surface area contributed by atoms with E-state index in [2.05, 4.69) is 4.98 Å². The number of methoxy groups -OCH3 is 1. The summed E-state index contributed by atoms with van der Waals surface area (Å²) in [6.45, 7) is 0. The van der Waals surface area contributed by atoms with Gasteiger partial charge in [0.25, 0.3) is 5.56 Å². The summed E-state index contributed by atoms with van der Waals surface area (Å²) < 4.78 is 7.19. The zero-order valence-electron chi connectivity index (χ0n) is 16.7. The fourth-order valence-electron chi connectivity index (χ4n) is 3.44. The van der Waals surface area contributed by atoms with E-state index in [-0.39, 0.29) is 0 Å². The molecule has 0 aliphatic carbocycles. The summed E-state index contributed by atoms with van der Waals surface area (Å²) in [6.07, 6.45) is 0. The second-order valence-electron chi connectivity index (χ2n) is 6.89. The molecule has 150 valence electrons. The third kappa shape index (κ3) is 3.10. The Labute approximate surface area is 171 Å². The quantitative estimate of drug-likeness (QED) is 0.493. The zero-order valence-corrected chi connectivity index (χ0v) is 16.7. The molecule has 0 N–H and O–H groups in total. The molecule has 0 fully saturated rings. The lowest BCUT2D eigenvalue weighted by molar-refractivity contribution is 0.0601. The number of ether oxygens (including phenoxy) is 1. The first-order valence-corrected chi connectivity index (χ1v) is 9.27. The highest BCUT2D eigenvalue weighted by Crippen LogP contribution is 2.30. The van der Waals surface area contributed by atoms with Gasteiger partial charge in [-0.15, -0.1) is 0 Å². The monoisotopic (exact) mass is 401 g/mol. The number of aryl methyl sites for hydroxylation is 1. The third-order valence-corrected chi connectivity index (χ3v) is 5.10. The van der Waals surface area contributed by atoms with Crippen LogP contribution in [0.2, 0.25) is 0 Å². The maximum absolute atomic E-state index is 13.0. The standard InChI is InChI=1S/C23H19N3O4/c1-25-20-19(21(27)26(2)23(25)29)17(13-18(24-20)15-7-5-4-6-8-15)14-9-11-16(12-10-14)22(28)30-3/h4-13H,1-3H3. The number of aromatic nitrogens is 3. The van der Waals surface area contributed by atoms with Gasteiger partial charge in [0.05, 0.1) is 23.8 Å². The van der Waals surface area contributed by atoms with E-state index in [4.69, 9.17) is 4.74 Å². The van der Waals surface area contributed by atoms with Gasteiger partial charge < -0.3 is 4.74 Å². The second kappa shape index (κ2) is 7.44. The second-order valence-corrected chi connectivity index (χ2v) is 6.89. The topological polar surface area (TPSA) is 83.2 Å². The van der Waals surface area contributed by atoms with Crippen molar-refractivity contribution in [1.82, 2.24) is 14.1 Å². The van der Waals surface area contributed by atoms with Crippen molar-refractivity contribution in [3.63, 3.8) is 0 Å². The van der Waals surface area contributed by atoms with Crippen LogP contribution in [0.4, 0.5) is 0 Å². The van der Waals surface area contributed by atoms with Crippen molar-refractivity contribution in [1.29, 1.82) is 0 Å². The molecule has 30 heavy (non-hydrogen) atoms. The van der Waals surface area contributed by atoms with Crippen LogP contribution in [0.5, 0.6) is 0 Å². The van der Waals surface area contributed by atoms with Gasteiger partial charge in [-0.1, -0.05) is 42.5 Å².